The summed E-state index contributed by atoms with van der Waals surface area (Å²) in [5.41, 5.74) is 1.72. The van der Waals surface area contributed by atoms with Gasteiger partial charge in [0.15, 0.2) is 5.13 Å². The zero-order valence-electron chi connectivity index (χ0n) is 15.8. The highest BCUT2D eigenvalue weighted by atomic mass is 32.2. The van der Waals surface area contributed by atoms with Crippen LogP contribution in [0.2, 0.25) is 0 Å². The Kier molecular flexibility index (Phi) is 5.10. The summed E-state index contributed by atoms with van der Waals surface area (Å²) in [6.07, 6.45) is 7.41. The van der Waals surface area contributed by atoms with Crippen molar-refractivity contribution in [3.05, 3.63) is 36.2 Å². The van der Waals surface area contributed by atoms with E-state index in [-0.39, 0.29) is 11.9 Å². The summed E-state index contributed by atoms with van der Waals surface area (Å²) in [6.45, 7) is 1.84. The molecule has 8 heteroatoms. The lowest BCUT2D eigenvalue weighted by atomic mass is 10.0. The minimum absolute atomic E-state index is 0.0473. The molecule has 0 saturated carbocycles. The number of nitrogens with zero attached hydrogens (tertiary/aromatic N) is 5. The van der Waals surface area contributed by atoms with Crippen molar-refractivity contribution in [2.24, 2.45) is 7.05 Å². The molecule has 0 aliphatic carbocycles. The average Bonchev–Trinajstić information content (AvgIpc) is 3.32. The summed E-state index contributed by atoms with van der Waals surface area (Å²) >= 11 is 3.51. The van der Waals surface area contributed by atoms with Gasteiger partial charge in [-0.05, 0) is 37.3 Å². The van der Waals surface area contributed by atoms with Crippen molar-refractivity contribution >= 4 is 44.4 Å². The number of rotatable bonds is 4. The molecule has 3 aromatic rings. The maximum absolute atomic E-state index is 12.6. The van der Waals surface area contributed by atoms with E-state index in [4.69, 9.17) is 4.98 Å². The lowest BCUT2D eigenvalue weighted by Gasteiger charge is -2.36. The molecular weight excluding hydrogens is 378 g/mol. The van der Waals surface area contributed by atoms with Gasteiger partial charge in [0.05, 0.1) is 22.0 Å². The predicted molar refractivity (Wildman–Crippen MR) is 112 cm³/mol. The number of aromatic nitrogens is 3. The highest BCUT2D eigenvalue weighted by Gasteiger charge is 2.27. The third-order valence-corrected chi connectivity index (χ3v) is 6.94. The molecule has 1 fully saturated rings. The van der Waals surface area contributed by atoms with Crippen LogP contribution in [0.3, 0.4) is 0 Å². The zero-order valence-corrected chi connectivity index (χ0v) is 17.4. The summed E-state index contributed by atoms with van der Waals surface area (Å²) in [6, 6.07) is 6.70. The van der Waals surface area contributed by atoms with Crippen LogP contribution in [0.4, 0.5) is 5.13 Å². The average molecular weight is 402 g/mol. The van der Waals surface area contributed by atoms with E-state index in [0.29, 0.717) is 5.56 Å². The lowest BCUT2D eigenvalue weighted by molar-refractivity contribution is 0.0709. The molecule has 142 valence electrons. The van der Waals surface area contributed by atoms with Crippen LogP contribution in [0.25, 0.3) is 10.2 Å². The Morgan fingerprint density at radius 2 is 2.11 bits per heavy atom. The van der Waals surface area contributed by atoms with Gasteiger partial charge in [-0.2, -0.15) is 5.10 Å². The monoisotopic (exact) mass is 401 g/mol. The van der Waals surface area contributed by atoms with Gasteiger partial charge in [0.1, 0.15) is 0 Å². The van der Waals surface area contributed by atoms with Crippen molar-refractivity contribution in [2.75, 3.05) is 31.3 Å². The minimum Gasteiger partial charge on any atom is -0.348 e. The minimum atomic E-state index is 0.0473. The first-order valence-corrected chi connectivity index (χ1v) is 11.0. The molecule has 0 spiro atoms. The predicted octanol–water partition coefficient (Wildman–Crippen LogP) is 3.49. The number of carbonyl (C=O) groups excluding carboxylic acids is 1. The Balaban J connectivity index is 1.42. The van der Waals surface area contributed by atoms with Crippen LogP contribution in [-0.2, 0) is 7.05 Å². The molecule has 4 rings (SSSR count). The number of thioether (sulfide) groups is 1. The highest BCUT2D eigenvalue weighted by Crippen LogP contribution is 2.33. The third-order valence-electron chi connectivity index (χ3n) is 5.14. The normalized spacial score (nSPS) is 15.4. The molecule has 0 N–H and O–H groups in total. The van der Waals surface area contributed by atoms with E-state index >= 15 is 0 Å². The van der Waals surface area contributed by atoms with Crippen LogP contribution >= 0.6 is 23.1 Å². The van der Waals surface area contributed by atoms with E-state index in [1.807, 2.05) is 19.0 Å². The molecule has 1 amide bonds. The van der Waals surface area contributed by atoms with Gasteiger partial charge in [-0.15, -0.1) is 11.8 Å². The maximum atomic E-state index is 12.6. The van der Waals surface area contributed by atoms with Crippen LogP contribution in [0.1, 0.15) is 23.2 Å². The lowest BCUT2D eigenvalue weighted by Crippen LogP contribution is -2.45. The van der Waals surface area contributed by atoms with Crippen molar-refractivity contribution in [2.45, 2.75) is 23.8 Å². The van der Waals surface area contributed by atoms with E-state index in [9.17, 15) is 4.79 Å². The van der Waals surface area contributed by atoms with E-state index < -0.39 is 0 Å². The number of aryl methyl sites for hydroxylation is 1. The molecule has 2 aromatic heterocycles. The number of benzene rings is 1. The highest BCUT2D eigenvalue weighted by molar-refractivity contribution is 7.98. The molecule has 3 heterocycles. The molecule has 0 unspecified atom stereocenters. The number of piperidine rings is 1. The number of fused-ring (bicyclic) bond motifs is 1. The fraction of sp³-hybridized carbons (Fsp3) is 0.421. The second-order valence-corrected chi connectivity index (χ2v) is 8.76. The fourth-order valence-corrected chi connectivity index (χ4v) is 5.07. The van der Waals surface area contributed by atoms with Crippen LogP contribution in [-0.4, -0.2) is 58.0 Å². The van der Waals surface area contributed by atoms with Crippen molar-refractivity contribution in [3.8, 4) is 0 Å². The summed E-state index contributed by atoms with van der Waals surface area (Å²) in [5, 5.41) is 5.19. The topological polar surface area (TPSA) is 54.3 Å². The van der Waals surface area contributed by atoms with Gasteiger partial charge in [-0.3, -0.25) is 9.48 Å². The Bertz CT molecular complexity index is 958. The van der Waals surface area contributed by atoms with Gasteiger partial charge in [-0.25, -0.2) is 4.98 Å². The third kappa shape index (κ3) is 3.68. The molecule has 1 aromatic carbocycles. The number of hydrogen-bond donors (Lipinski definition) is 0. The first kappa shape index (κ1) is 18.3. The molecular formula is C19H23N5OS2. The smallest absolute Gasteiger partial charge is 0.257 e. The molecule has 1 aliphatic rings. The number of thiazole rings is 1. The van der Waals surface area contributed by atoms with E-state index in [1.165, 1.54) is 9.60 Å². The van der Waals surface area contributed by atoms with Crippen LogP contribution in [0.5, 0.6) is 0 Å². The quantitative estimate of drug-likeness (QED) is 0.627. The summed E-state index contributed by atoms with van der Waals surface area (Å²) in [4.78, 5) is 22.9. The van der Waals surface area contributed by atoms with Crippen LogP contribution in [0, 0.1) is 0 Å². The largest absolute Gasteiger partial charge is 0.348 e. The van der Waals surface area contributed by atoms with Gasteiger partial charge in [0, 0.05) is 44.3 Å². The molecule has 1 saturated heterocycles. The Hall–Kier alpha value is -2.06. The molecule has 0 bridgehead atoms. The molecule has 6 nitrogen and oxygen atoms in total. The van der Waals surface area contributed by atoms with Crippen molar-refractivity contribution in [1.29, 1.82) is 0 Å². The second kappa shape index (κ2) is 7.52. The van der Waals surface area contributed by atoms with E-state index in [2.05, 4.69) is 34.5 Å². The van der Waals surface area contributed by atoms with Gasteiger partial charge >= 0.3 is 0 Å². The summed E-state index contributed by atoms with van der Waals surface area (Å²) in [5.74, 6) is 0.0473. The number of carbonyl (C=O) groups is 1. The summed E-state index contributed by atoms with van der Waals surface area (Å²) in [7, 11) is 3.73. The van der Waals surface area contributed by atoms with Crippen molar-refractivity contribution in [1.82, 2.24) is 19.7 Å². The standard InChI is InChI=1S/C19H23N5OS2/c1-22-12-13(11-20-22)18(25)23(2)14-6-8-24(9-7-14)19-21-16-5-4-15(26-3)10-17(16)27-19/h4-5,10-12,14H,6-9H2,1-3H3. The van der Waals surface area contributed by atoms with Gasteiger partial charge in [0.25, 0.3) is 5.91 Å². The molecule has 1 aliphatic heterocycles. The van der Waals surface area contributed by atoms with E-state index in [0.717, 1.165) is 36.6 Å². The first-order chi connectivity index (χ1) is 13.0. The van der Waals surface area contributed by atoms with Crippen LogP contribution in [0.15, 0.2) is 35.5 Å². The molecule has 0 atom stereocenters. The maximum Gasteiger partial charge on any atom is 0.257 e. The van der Waals surface area contributed by atoms with Gasteiger partial charge < -0.3 is 9.80 Å². The van der Waals surface area contributed by atoms with Crippen LogP contribution < -0.4 is 4.90 Å². The first-order valence-electron chi connectivity index (χ1n) is 9.00. The summed E-state index contributed by atoms with van der Waals surface area (Å²) < 4.78 is 2.90. The SMILES string of the molecule is CSc1ccc2nc(N3CCC(N(C)C(=O)c4cnn(C)c4)CC3)sc2c1. The van der Waals surface area contributed by atoms with E-state index in [1.54, 1.807) is 40.2 Å². The Morgan fingerprint density at radius 3 is 2.78 bits per heavy atom. The van der Waals surface area contributed by atoms with Crippen molar-refractivity contribution < 1.29 is 4.79 Å². The second-order valence-electron chi connectivity index (χ2n) is 6.87. The molecule has 27 heavy (non-hydrogen) atoms. The number of amides is 1. The van der Waals surface area contributed by atoms with Gasteiger partial charge in [-0.1, -0.05) is 11.3 Å². The number of hydrogen-bond acceptors (Lipinski definition) is 6. The number of anilines is 1. The van der Waals surface area contributed by atoms with Crippen molar-refractivity contribution in [3.63, 3.8) is 0 Å². The van der Waals surface area contributed by atoms with Gasteiger partial charge in [0.2, 0.25) is 0 Å². The fourth-order valence-electron chi connectivity index (χ4n) is 3.50. The Morgan fingerprint density at radius 1 is 1.33 bits per heavy atom. The Labute approximate surface area is 167 Å². The zero-order chi connectivity index (χ0) is 19.0. The molecule has 0 radical (unpaired) electrons.